The van der Waals surface area contributed by atoms with E-state index in [2.05, 4.69) is 25.4 Å². The van der Waals surface area contributed by atoms with Gasteiger partial charge >= 0.3 is 0 Å². The van der Waals surface area contributed by atoms with Crippen LogP contribution in [0.1, 0.15) is 37.8 Å². The monoisotopic (exact) mass is 352 g/mol. The van der Waals surface area contributed by atoms with E-state index in [1.54, 1.807) is 18.5 Å². The normalized spacial score (nSPS) is 10.6. The van der Waals surface area contributed by atoms with Crippen molar-refractivity contribution in [3.63, 3.8) is 0 Å². The Morgan fingerprint density at radius 1 is 1.12 bits per heavy atom. The van der Waals surface area contributed by atoms with Gasteiger partial charge in [0.05, 0.1) is 6.61 Å². The van der Waals surface area contributed by atoms with Gasteiger partial charge in [0.1, 0.15) is 5.75 Å². The molecule has 2 rings (SSSR count). The molecule has 0 aliphatic rings. The van der Waals surface area contributed by atoms with Gasteiger partial charge in [-0.25, -0.2) is 0 Å². The SMILES string of the molecule is C=CCCC(=O)N(Cc1ccncc1)Cc1ccc(OCC(C)C)cc1. The first-order valence-electron chi connectivity index (χ1n) is 9.07. The smallest absolute Gasteiger partial charge is 0.223 e. The highest BCUT2D eigenvalue weighted by molar-refractivity contribution is 5.76. The van der Waals surface area contributed by atoms with Gasteiger partial charge in [-0.2, -0.15) is 0 Å². The highest BCUT2D eigenvalue weighted by Crippen LogP contribution is 2.17. The number of pyridine rings is 1. The van der Waals surface area contributed by atoms with E-state index >= 15 is 0 Å². The van der Waals surface area contributed by atoms with Crippen molar-refractivity contribution in [1.82, 2.24) is 9.88 Å². The summed E-state index contributed by atoms with van der Waals surface area (Å²) in [5.41, 5.74) is 2.16. The van der Waals surface area contributed by atoms with E-state index in [-0.39, 0.29) is 5.91 Å². The van der Waals surface area contributed by atoms with Crippen molar-refractivity contribution in [1.29, 1.82) is 0 Å². The van der Waals surface area contributed by atoms with Gasteiger partial charge < -0.3 is 9.64 Å². The van der Waals surface area contributed by atoms with Gasteiger partial charge in [0.15, 0.2) is 0 Å². The number of rotatable bonds is 10. The minimum absolute atomic E-state index is 0.127. The Bertz CT molecular complexity index is 681. The molecule has 0 saturated carbocycles. The van der Waals surface area contributed by atoms with Crippen LogP contribution in [0.2, 0.25) is 0 Å². The van der Waals surface area contributed by atoms with E-state index in [1.165, 1.54) is 0 Å². The number of hydrogen-bond donors (Lipinski definition) is 0. The zero-order chi connectivity index (χ0) is 18.8. The van der Waals surface area contributed by atoms with Gasteiger partial charge in [-0.1, -0.05) is 32.1 Å². The maximum atomic E-state index is 12.6. The van der Waals surface area contributed by atoms with Crippen LogP contribution >= 0.6 is 0 Å². The largest absolute Gasteiger partial charge is 0.493 e. The van der Waals surface area contributed by atoms with Crippen molar-refractivity contribution in [2.24, 2.45) is 5.92 Å². The Balaban J connectivity index is 2.05. The van der Waals surface area contributed by atoms with Crippen LogP contribution in [0.5, 0.6) is 5.75 Å². The highest BCUT2D eigenvalue weighted by Gasteiger charge is 2.14. The number of allylic oxidation sites excluding steroid dienone is 1. The fourth-order valence-electron chi connectivity index (χ4n) is 2.50. The molecule has 1 amide bonds. The standard InChI is InChI=1S/C22H28N2O2/c1-4-5-6-22(25)24(16-20-11-13-23-14-12-20)15-19-7-9-21(10-8-19)26-17-18(2)3/h4,7-14,18H,1,5-6,15-17H2,2-3H3. The molecule has 0 radical (unpaired) electrons. The summed E-state index contributed by atoms with van der Waals surface area (Å²) in [4.78, 5) is 18.5. The molecular weight excluding hydrogens is 324 g/mol. The first-order valence-corrected chi connectivity index (χ1v) is 9.07. The molecule has 138 valence electrons. The van der Waals surface area contributed by atoms with Crippen LogP contribution in [0, 0.1) is 5.92 Å². The molecule has 0 saturated heterocycles. The molecule has 0 fully saturated rings. The topological polar surface area (TPSA) is 42.4 Å². The second-order valence-corrected chi connectivity index (χ2v) is 6.78. The van der Waals surface area contributed by atoms with Gasteiger partial charge in [0.25, 0.3) is 0 Å². The lowest BCUT2D eigenvalue weighted by atomic mass is 10.1. The van der Waals surface area contributed by atoms with Gasteiger partial charge in [-0.3, -0.25) is 9.78 Å². The van der Waals surface area contributed by atoms with E-state index in [4.69, 9.17) is 4.74 Å². The molecule has 0 spiro atoms. The number of nitrogens with zero attached hydrogens (tertiary/aromatic N) is 2. The summed E-state index contributed by atoms with van der Waals surface area (Å²) in [6, 6.07) is 11.9. The molecule has 1 heterocycles. The molecule has 0 atom stereocenters. The van der Waals surface area contributed by atoms with Crippen LogP contribution in [0.3, 0.4) is 0 Å². The molecule has 0 aliphatic carbocycles. The van der Waals surface area contributed by atoms with Crippen LogP contribution in [0.15, 0.2) is 61.4 Å². The minimum Gasteiger partial charge on any atom is -0.493 e. The van der Waals surface area contributed by atoms with Crippen molar-refractivity contribution in [2.75, 3.05) is 6.61 Å². The number of carbonyl (C=O) groups excluding carboxylic acids is 1. The molecule has 0 bridgehead atoms. The molecular formula is C22H28N2O2. The molecule has 26 heavy (non-hydrogen) atoms. The average Bonchev–Trinajstić information content (AvgIpc) is 2.65. The lowest BCUT2D eigenvalue weighted by Gasteiger charge is -2.23. The maximum Gasteiger partial charge on any atom is 0.223 e. The summed E-state index contributed by atoms with van der Waals surface area (Å²) in [6.45, 7) is 9.80. The second-order valence-electron chi connectivity index (χ2n) is 6.78. The van der Waals surface area contributed by atoms with Crippen LogP contribution < -0.4 is 4.74 Å². The summed E-state index contributed by atoms with van der Waals surface area (Å²) < 4.78 is 5.73. The summed E-state index contributed by atoms with van der Waals surface area (Å²) in [5.74, 6) is 1.48. The van der Waals surface area contributed by atoms with Crippen molar-refractivity contribution in [2.45, 2.75) is 39.8 Å². The molecule has 1 aromatic carbocycles. The Labute approximate surface area is 156 Å². The van der Waals surface area contributed by atoms with Gasteiger partial charge in [0.2, 0.25) is 5.91 Å². The molecule has 0 N–H and O–H groups in total. The lowest BCUT2D eigenvalue weighted by Crippen LogP contribution is -2.29. The van der Waals surface area contributed by atoms with Gasteiger partial charge in [-0.15, -0.1) is 6.58 Å². The van der Waals surface area contributed by atoms with E-state index in [1.807, 2.05) is 41.3 Å². The Morgan fingerprint density at radius 2 is 1.73 bits per heavy atom. The zero-order valence-corrected chi connectivity index (χ0v) is 15.7. The molecule has 0 aliphatic heterocycles. The summed E-state index contributed by atoms with van der Waals surface area (Å²) in [5, 5.41) is 0. The molecule has 2 aromatic rings. The molecule has 4 nitrogen and oxygen atoms in total. The first kappa shape index (κ1) is 19.7. The molecule has 1 aromatic heterocycles. The average molecular weight is 352 g/mol. The van der Waals surface area contributed by atoms with Crippen LogP contribution in [-0.2, 0) is 17.9 Å². The Morgan fingerprint density at radius 3 is 2.31 bits per heavy atom. The van der Waals surface area contributed by atoms with E-state index in [9.17, 15) is 4.79 Å². The number of amides is 1. The zero-order valence-electron chi connectivity index (χ0n) is 15.7. The highest BCUT2D eigenvalue weighted by atomic mass is 16.5. The third kappa shape index (κ3) is 6.71. The van der Waals surface area contributed by atoms with Gasteiger partial charge in [0, 0.05) is 31.9 Å². The van der Waals surface area contributed by atoms with Crippen molar-refractivity contribution < 1.29 is 9.53 Å². The van der Waals surface area contributed by atoms with Gasteiger partial charge in [-0.05, 0) is 47.7 Å². The van der Waals surface area contributed by atoms with Crippen molar-refractivity contribution in [3.05, 3.63) is 72.6 Å². The molecule has 4 heteroatoms. The van der Waals surface area contributed by atoms with Crippen molar-refractivity contribution in [3.8, 4) is 5.75 Å². The third-order valence-corrected chi connectivity index (χ3v) is 3.92. The van der Waals surface area contributed by atoms with E-state index in [0.717, 1.165) is 16.9 Å². The first-order chi connectivity index (χ1) is 12.6. The van der Waals surface area contributed by atoms with E-state index in [0.29, 0.717) is 38.5 Å². The maximum absolute atomic E-state index is 12.6. The van der Waals surface area contributed by atoms with Crippen LogP contribution in [0.25, 0.3) is 0 Å². The number of carbonyl (C=O) groups is 1. The fourth-order valence-corrected chi connectivity index (χ4v) is 2.50. The predicted octanol–water partition coefficient (Wildman–Crippen LogP) is 4.61. The summed E-state index contributed by atoms with van der Waals surface area (Å²) in [6.07, 6.45) is 6.45. The Hall–Kier alpha value is -2.62. The summed E-state index contributed by atoms with van der Waals surface area (Å²) >= 11 is 0. The quantitative estimate of drug-likeness (QED) is 0.586. The third-order valence-electron chi connectivity index (χ3n) is 3.92. The predicted molar refractivity (Wildman–Crippen MR) is 105 cm³/mol. The number of ether oxygens (including phenoxy) is 1. The lowest BCUT2D eigenvalue weighted by molar-refractivity contribution is -0.132. The summed E-state index contributed by atoms with van der Waals surface area (Å²) in [7, 11) is 0. The van der Waals surface area contributed by atoms with E-state index < -0.39 is 0 Å². The second kappa shape index (κ2) is 10.4. The minimum atomic E-state index is 0.127. The van der Waals surface area contributed by atoms with Crippen molar-refractivity contribution >= 4 is 5.91 Å². The number of benzene rings is 1. The number of aromatic nitrogens is 1. The van der Waals surface area contributed by atoms with Crippen LogP contribution in [0.4, 0.5) is 0 Å². The molecule has 0 unspecified atom stereocenters. The fraction of sp³-hybridized carbons (Fsp3) is 0.364. The number of hydrogen-bond acceptors (Lipinski definition) is 3. The Kier molecular flexibility index (Phi) is 7.87. The van der Waals surface area contributed by atoms with Crippen LogP contribution in [-0.4, -0.2) is 22.4 Å².